The first-order valence-electron chi connectivity index (χ1n) is 13.8. The Labute approximate surface area is 236 Å². The molecule has 2 aliphatic heterocycles. The molecule has 2 fully saturated rings. The van der Waals surface area contributed by atoms with E-state index in [1.807, 2.05) is 95.9 Å². The van der Waals surface area contributed by atoms with Crippen molar-refractivity contribution < 1.29 is 35.8 Å². The Kier molecular flexibility index (Phi) is 8.00. The number of rotatable bonds is 9. The standard InChI is InChI=1S/C32H33F6NO2/c1-28(31(33,34)35,32(36,37)38)40-22-27-18-20-29(19-11-21-39(27)29)23-41-30(24-12-5-2-6-13-24,25-14-7-3-8-15-25)26-16-9-4-10-17-26/h2-10,12-17,27H,11,18-23H2,1H3/t27-,29-/m0/s1. The fraction of sp³-hybridized carbons (Fsp3) is 0.438. The van der Waals surface area contributed by atoms with E-state index in [1.54, 1.807) is 0 Å². The van der Waals surface area contributed by atoms with Crippen molar-refractivity contribution in [3.63, 3.8) is 0 Å². The van der Waals surface area contributed by atoms with Crippen LogP contribution in [0.25, 0.3) is 0 Å². The Bertz CT molecular complexity index is 1170. The summed E-state index contributed by atoms with van der Waals surface area (Å²) < 4.78 is 92.6. The minimum absolute atomic E-state index is 0.0657. The molecule has 3 aromatic rings. The zero-order valence-electron chi connectivity index (χ0n) is 22.7. The average molecular weight is 578 g/mol. The maximum Gasteiger partial charge on any atom is 0.426 e. The van der Waals surface area contributed by atoms with Gasteiger partial charge in [-0.05, 0) is 55.8 Å². The Hall–Kier alpha value is -2.88. The van der Waals surface area contributed by atoms with Gasteiger partial charge in [0.1, 0.15) is 5.60 Å². The lowest BCUT2D eigenvalue weighted by Gasteiger charge is -2.42. The van der Waals surface area contributed by atoms with E-state index in [0.717, 1.165) is 29.5 Å². The van der Waals surface area contributed by atoms with Crippen LogP contribution < -0.4 is 0 Å². The maximum atomic E-state index is 13.5. The Morgan fingerprint density at radius 1 is 0.707 bits per heavy atom. The van der Waals surface area contributed by atoms with Crippen LogP contribution in [0, 0.1) is 0 Å². The van der Waals surface area contributed by atoms with Crippen LogP contribution in [-0.4, -0.2) is 54.2 Å². The molecule has 2 heterocycles. The summed E-state index contributed by atoms with van der Waals surface area (Å²) in [5.41, 5.74) is -2.98. The fourth-order valence-electron chi connectivity index (χ4n) is 6.39. The van der Waals surface area contributed by atoms with Crippen molar-refractivity contribution in [1.82, 2.24) is 4.90 Å². The second-order valence-electron chi connectivity index (χ2n) is 11.1. The van der Waals surface area contributed by atoms with Gasteiger partial charge in [0, 0.05) is 11.6 Å². The molecule has 2 aliphatic rings. The van der Waals surface area contributed by atoms with Crippen LogP contribution in [0.15, 0.2) is 91.0 Å². The van der Waals surface area contributed by atoms with E-state index in [1.165, 1.54) is 0 Å². The Balaban J connectivity index is 1.45. The van der Waals surface area contributed by atoms with E-state index in [0.29, 0.717) is 19.4 Å². The molecule has 0 radical (unpaired) electrons. The number of nitrogens with zero attached hydrogens (tertiary/aromatic N) is 1. The van der Waals surface area contributed by atoms with Crippen molar-refractivity contribution in [3.05, 3.63) is 108 Å². The smallest absolute Gasteiger partial charge is 0.359 e. The first-order chi connectivity index (χ1) is 19.4. The number of ether oxygens (including phenoxy) is 2. The first-order valence-corrected chi connectivity index (χ1v) is 13.8. The number of benzene rings is 3. The summed E-state index contributed by atoms with van der Waals surface area (Å²) in [6.07, 6.45) is -8.67. The topological polar surface area (TPSA) is 21.7 Å². The maximum absolute atomic E-state index is 13.5. The van der Waals surface area contributed by atoms with Crippen molar-refractivity contribution in [3.8, 4) is 0 Å². The normalized spacial score (nSPS) is 22.2. The van der Waals surface area contributed by atoms with Crippen LogP contribution in [0.1, 0.15) is 49.3 Å². The number of fused-ring (bicyclic) bond motifs is 1. The van der Waals surface area contributed by atoms with E-state index >= 15 is 0 Å². The lowest BCUT2D eigenvalue weighted by Crippen LogP contribution is -2.58. The van der Waals surface area contributed by atoms with Gasteiger partial charge in [-0.25, -0.2) is 0 Å². The summed E-state index contributed by atoms with van der Waals surface area (Å²) in [7, 11) is 0. The molecule has 2 atom stereocenters. The molecule has 9 heteroatoms. The summed E-state index contributed by atoms with van der Waals surface area (Å²) >= 11 is 0. The van der Waals surface area contributed by atoms with Gasteiger partial charge in [-0.15, -0.1) is 0 Å². The third-order valence-corrected chi connectivity index (χ3v) is 8.78. The molecule has 0 amide bonds. The van der Waals surface area contributed by atoms with Gasteiger partial charge in [-0.3, -0.25) is 4.90 Å². The predicted molar refractivity (Wildman–Crippen MR) is 143 cm³/mol. The Morgan fingerprint density at radius 2 is 1.17 bits per heavy atom. The second kappa shape index (κ2) is 11.1. The van der Waals surface area contributed by atoms with Gasteiger partial charge < -0.3 is 9.47 Å². The van der Waals surface area contributed by atoms with Crippen molar-refractivity contribution in [2.75, 3.05) is 19.8 Å². The lowest BCUT2D eigenvalue weighted by atomic mass is 9.79. The third-order valence-electron chi connectivity index (χ3n) is 8.78. The van der Waals surface area contributed by atoms with Crippen molar-refractivity contribution in [1.29, 1.82) is 0 Å². The fourth-order valence-corrected chi connectivity index (χ4v) is 6.39. The quantitative estimate of drug-likeness (QED) is 0.191. The van der Waals surface area contributed by atoms with Crippen molar-refractivity contribution in [2.24, 2.45) is 0 Å². The van der Waals surface area contributed by atoms with Gasteiger partial charge in [0.05, 0.1) is 13.2 Å². The summed E-state index contributed by atoms with van der Waals surface area (Å²) in [5, 5.41) is 0. The van der Waals surface area contributed by atoms with Gasteiger partial charge in [-0.1, -0.05) is 91.0 Å². The zero-order chi connectivity index (χ0) is 29.4. The molecular weight excluding hydrogens is 544 g/mol. The number of hydrogen-bond donors (Lipinski definition) is 0. The SMILES string of the molecule is CC(OC[C@@H]1CC[C@]2(COC(c3ccccc3)(c3ccccc3)c3ccccc3)CCCN12)(C(F)(F)F)C(F)(F)F. The molecule has 0 aromatic heterocycles. The second-order valence-corrected chi connectivity index (χ2v) is 11.1. The Morgan fingerprint density at radius 3 is 1.61 bits per heavy atom. The number of alkyl halides is 6. The van der Waals surface area contributed by atoms with Crippen molar-refractivity contribution >= 4 is 0 Å². The van der Waals surface area contributed by atoms with E-state index in [2.05, 4.69) is 0 Å². The molecule has 5 rings (SSSR count). The highest BCUT2D eigenvalue weighted by Crippen LogP contribution is 2.49. The molecule has 2 saturated heterocycles. The molecular formula is C32H33F6NO2. The molecule has 220 valence electrons. The molecule has 3 aromatic carbocycles. The van der Waals surface area contributed by atoms with Gasteiger partial charge >= 0.3 is 12.4 Å². The van der Waals surface area contributed by atoms with Gasteiger partial charge in [0.15, 0.2) is 0 Å². The van der Waals surface area contributed by atoms with Crippen LogP contribution in [0.4, 0.5) is 26.3 Å². The summed E-state index contributed by atoms with van der Waals surface area (Å²) in [5.74, 6) is 0. The molecule has 41 heavy (non-hydrogen) atoms. The molecule has 0 unspecified atom stereocenters. The van der Waals surface area contributed by atoms with Crippen LogP contribution in [0.3, 0.4) is 0 Å². The minimum atomic E-state index is -5.59. The van der Waals surface area contributed by atoms with Gasteiger partial charge in [0.2, 0.25) is 0 Å². The highest BCUT2D eigenvalue weighted by atomic mass is 19.4. The number of halogens is 6. The van der Waals surface area contributed by atoms with Gasteiger partial charge in [-0.2, -0.15) is 26.3 Å². The minimum Gasteiger partial charge on any atom is -0.359 e. The molecule has 0 N–H and O–H groups in total. The van der Waals surface area contributed by atoms with Crippen LogP contribution in [0.5, 0.6) is 0 Å². The van der Waals surface area contributed by atoms with Crippen LogP contribution >= 0.6 is 0 Å². The molecule has 3 nitrogen and oxygen atoms in total. The van der Waals surface area contributed by atoms with Gasteiger partial charge in [0.25, 0.3) is 5.60 Å². The molecule has 0 aliphatic carbocycles. The predicted octanol–water partition coefficient (Wildman–Crippen LogP) is 7.89. The van der Waals surface area contributed by atoms with E-state index < -0.39 is 41.7 Å². The molecule has 0 saturated carbocycles. The first kappa shape index (κ1) is 29.6. The summed E-state index contributed by atoms with van der Waals surface area (Å²) in [6.45, 7) is 0.202. The lowest BCUT2D eigenvalue weighted by molar-refractivity contribution is -0.375. The largest absolute Gasteiger partial charge is 0.426 e. The molecule has 0 bridgehead atoms. The average Bonchev–Trinajstić information content (AvgIpc) is 3.52. The van der Waals surface area contributed by atoms with Crippen molar-refractivity contribution in [2.45, 2.75) is 67.7 Å². The third kappa shape index (κ3) is 5.28. The van der Waals surface area contributed by atoms with E-state index in [9.17, 15) is 26.3 Å². The van der Waals surface area contributed by atoms with Crippen LogP contribution in [-0.2, 0) is 15.1 Å². The zero-order valence-corrected chi connectivity index (χ0v) is 22.7. The van der Waals surface area contributed by atoms with E-state index in [-0.39, 0.29) is 13.5 Å². The molecule has 0 spiro atoms. The highest BCUT2D eigenvalue weighted by molar-refractivity contribution is 5.47. The van der Waals surface area contributed by atoms with Crippen LogP contribution in [0.2, 0.25) is 0 Å². The summed E-state index contributed by atoms with van der Waals surface area (Å²) in [4.78, 5) is 2.02. The highest BCUT2D eigenvalue weighted by Gasteiger charge is 2.69. The van der Waals surface area contributed by atoms with E-state index in [4.69, 9.17) is 9.47 Å². The monoisotopic (exact) mass is 577 g/mol. The number of hydrogen-bond acceptors (Lipinski definition) is 3. The summed E-state index contributed by atoms with van der Waals surface area (Å²) in [6, 6.07) is 28.9.